The van der Waals surface area contributed by atoms with E-state index in [1.54, 1.807) is 0 Å². The van der Waals surface area contributed by atoms with Crippen LogP contribution in [0.2, 0.25) is 0 Å². The number of furan rings is 1. The van der Waals surface area contributed by atoms with Crippen molar-refractivity contribution in [1.29, 1.82) is 0 Å². The van der Waals surface area contributed by atoms with Gasteiger partial charge in [0, 0.05) is 32.6 Å². The Bertz CT molecular complexity index is 3490. The predicted molar refractivity (Wildman–Crippen MR) is 231 cm³/mol. The predicted octanol–water partition coefficient (Wildman–Crippen LogP) is 14.3. The fourth-order valence-electron chi connectivity index (χ4n) is 9.07. The van der Waals surface area contributed by atoms with Crippen LogP contribution in [0, 0.1) is 0 Å². The maximum atomic E-state index is 6.32. The number of aromatic nitrogens is 2. The molecule has 55 heavy (non-hydrogen) atoms. The third-order valence-corrected chi connectivity index (χ3v) is 11.5. The van der Waals surface area contributed by atoms with Gasteiger partial charge in [0.25, 0.3) is 0 Å². The van der Waals surface area contributed by atoms with Crippen LogP contribution in [-0.2, 0) is 0 Å². The van der Waals surface area contributed by atoms with Gasteiger partial charge in [0.05, 0.1) is 33.1 Å². The molecule has 0 aliphatic rings. The maximum Gasteiger partial charge on any atom is 0.137 e. The van der Waals surface area contributed by atoms with Crippen molar-refractivity contribution in [2.24, 2.45) is 0 Å². The molecule has 0 saturated carbocycles. The summed E-state index contributed by atoms with van der Waals surface area (Å²) in [7, 11) is 0. The molecule has 0 aliphatic heterocycles. The Hall–Kier alpha value is -7.36. The van der Waals surface area contributed by atoms with Crippen LogP contribution < -0.4 is 0 Å². The molecule has 3 aromatic heterocycles. The SMILES string of the molecule is c1ccc(-c2cc(-n3c4ccccc4c4cc(-c5ccc6c(c5)c5ccccc5n6-c5cccc6oc7ccccc7c56)ccc43)cc3ccccc23)cc1. The van der Waals surface area contributed by atoms with Crippen molar-refractivity contribution < 1.29 is 4.42 Å². The molecule has 0 atom stereocenters. The normalized spacial score (nSPS) is 12.0. The Balaban J connectivity index is 1.06. The molecule has 12 aromatic rings. The molecule has 0 spiro atoms. The molecule has 0 saturated heterocycles. The second-order valence-electron chi connectivity index (χ2n) is 14.5. The molecule has 0 bridgehead atoms. The molecule has 3 nitrogen and oxygen atoms in total. The molecule has 0 unspecified atom stereocenters. The zero-order chi connectivity index (χ0) is 36.0. The second-order valence-corrected chi connectivity index (χ2v) is 14.5. The monoisotopic (exact) mass is 700 g/mol. The first-order valence-electron chi connectivity index (χ1n) is 18.8. The van der Waals surface area contributed by atoms with E-state index in [0.29, 0.717) is 0 Å². The van der Waals surface area contributed by atoms with Gasteiger partial charge in [-0.15, -0.1) is 0 Å². The molecule has 0 aliphatic carbocycles. The summed E-state index contributed by atoms with van der Waals surface area (Å²) in [4.78, 5) is 0. The largest absolute Gasteiger partial charge is 0.456 e. The quantitative estimate of drug-likeness (QED) is 0.179. The number of para-hydroxylation sites is 3. The van der Waals surface area contributed by atoms with E-state index in [9.17, 15) is 0 Å². The molecular formula is C52H32N2O. The number of nitrogens with zero attached hydrogens (tertiary/aromatic N) is 2. The Morgan fingerprint density at radius 1 is 0.327 bits per heavy atom. The first kappa shape index (κ1) is 30.1. The fraction of sp³-hybridized carbons (Fsp3) is 0. The molecule has 3 heterocycles. The Labute approximate surface area is 316 Å². The Morgan fingerprint density at radius 2 is 0.891 bits per heavy atom. The summed E-state index contributed by atoms with van der Waals surface area (Å²) in [6.45, 7) is 0. The van der Waals surface area contributed by atoms with Gasteiger partial charge in [-0.05, 0) is 99.8 Å². The van der Waals surface area contributed by atoms with Crippen LogP contribution in [0.15, 0.2) is 199 Å². The lowest BCUT2D eigenvalue weighted by Crippen LogP contribution is -1.95. The number of rotatable bonds is 4. The van der Waals surface area contributed by atoms with Gasteiger partial charge in [-0.1, -0.05) is 127 Å². The third kappa shape index (κ3) is 4.44. The standard InChI is InChI=1S/C52H32N2O/c1-2-13-33(14-3-1)42-32-37(29-36-15-4-5-16-38(36)42)53-45-20-9-6-17-39(45)43-30-34(25-27-47(43)53)35-26-28-48-44(31-35)40-18-7-10-21-46(40)54(48)49-22-12-24-51-52(49)41-19-8-11-23-50(41)55-51/h1-32H. The third-order valence-electron chi connectivity index (χ3n) is 11.5. The molecule has 0 N–H and O–H groups in total. The van der Waals surface area contributed by atoms with Crippen molar-refractivity contribution in [2.75, 3.05) is 0 Å². The van der Waals surface area contributed by atoms with Crippen molar-refractivity contribution in [1.82, 2.24) is 9.13 Å². The van der Waals surface area contributed by atoms with Crippen LogP contribution in [0.4, 0.5) is 0 Å². The average Bonchev–Trinajstić information content (AvgIpc) is 3.91. The zero-order valence-electron chi connectivity index (χ0n) is 29.8. The van der Waals surface area contributed by atoms with Gasteiger partial charge in [-0.25, -0.2) is 0 Å². The average molecular weight is 701 g/mol. The molecule has 3 heteroatoms. The van der Waals surface area contributed by atoms with Gasteiger partial charge in [0.1, 0.15) is 11.2 Å². The summed E-state index contributed by atoms with van der Waals surface area (Å²) in [5.41, 5.74) is 13.7. The van der Waals surface area contributed by atoms with Crippen molar-refractivity contribution in [3.05, 3.63) is 194 Å². The van der Waals surface area contributed by atoms with Gasteiger partial charge < -0.3 is 13.6 Å². The lowest BCUT2D eigenvalue weighted by atomic mass is 9.97. The zero-order valence-corrected chi connectivity index (χ0v) is 29.8. The molecule has 256 valence electrons. The van der Waals surface area contributed by atoms with E-state index in [2.05, 4.69) is 197 Å². The summed E-state index contributed by atoms with van der Waals surface area (Å²) in [5.74, 6) is 0. The van der Waals surface area contributed by atoms with E-state index in [1.807, 2.05) is 6.07 Å². The van der Waals surface area contributed by atoms with Crippen LogP contribution in [0.25, 0.3) is 110 Å². The van der Waals surface area contributed by atoms with Crippen LogP contribution in [0.3, 0.4) is 0 Å². The van der Waals surface area contributed by atoms with E-state index in [4.69, 9.17) is 4.42 Å². The highest BCUT2D eigenvalue weighted by Gasteiger charge is 2.19. The van der Waals surface area contributed by atoms with Crippen LogP contribution in [-0.4, -0.2) is 9.13 Å². The van der Waals surface area contributed by atoms with Gasteiger partial charge in [0.2, 0.25) is 0 Å². The second kappa shape index (κ2) is 11.6. The van der Waals surface area contributed by atoms with E-state index in [0.717, 1.165) is 33.3 Å². The minimum absolute atomic E-state index is 0.897. The summed E-state index contributed by atoms with van der Waals surface area (Å²) < 4.78 is 11.2. The van der Waals surface area contributed by atoms with Gasteiger partial charge in [-0.3, -0.25) is 0 Å². The Morgan fingerprint density at radius 3 is 1.64 bits per heavy atom. The van der Waals surface area contributed by atoms with Crippen molar-refractivity contribution in [2.45, 2.75) is 0 Å². The molecule has 12 rings (SSSR count). The summed E-state index contributed by atoms with van der Waals surface area (Å²) in [6.07, 6.45) is 0. The Kier molecular flexibility index (Phi) is 6.34. The lowest BCUT2D eigenvalue weighted by Gasteiger charge is -2.14. The van der Waals surface area contributed by atoms with Crippen LogP contribution in [0.1, 0.15) is 0 Å². The number of hydrogen-bond donors (Lipinski definition) is 0. The molecule has 0 fully saturated rings. The van der Waals surface area contributed by atoms with Crippen molar-refractivity contribution >= 4 is 76.3 Å². The van der Waals surface area contributed by atoms with E-state index >= 15 is 0 Å². The summed E-state index contributed by atoms with van der Waals surface area (Å²) in [6, 6.07) is 70.3. The topological polar surface area (TPSA) is 23.0 Å². The first-order chi connectivity index (χ1) is 27.3. The van der Waals surface area contributed by atoms with Gasteiger partial charge >= 0.3 is 0 Å². The van der Waals surface area contributed by atoms with E-state index < -0.39 is 0 Å². The molecular weight excluding hydrogens is 669 g/mol. The highest BCUT2D eigenvalue weighted by molar-refractivity contribution is 6.16. The van der Waals surface area contributed by atoms with Crippen LogP contribution >= 0.6 is 0 Å². The molecule has 0 amide bonds. The van der Waals surface area contributed by atoms with Gasteiger partial charge in [0.15, 0.2) is 0 Å². The van der Waals surface area contributed by atoms with Gasteiger partial charge in [-0.2, -0.15) is 0 Å². The highest BCUT2D eigenvalue weighted by atomic mass is 16.3. The number of benzene rings is 9. The smallest absolute Gasteiger partial charge is 0.137 e. The number of hydrogen-bond acceptors (Lipinski definition) is 1. The minimum atomic E-state index is 0.897. The lowest BCUT2D eigenvalue weighted by molar-refractivity contribution is 0.669. The maximum absolute atomic E-state index is 6.32. The minimum Gasteiger partial charge on any atom is -0.456 e. The van der Waals surface area contributed by atoms with E-state index in [1.165, 1.54) is 76.6 Å². The fourth-order valence-corrected chi connectivity index (χ4v) is 9.07. The highest BCUT2D eigenvalue weighted by Crippen LogP contribution is 2.42. The summed E-state index contributed by atoms with van der Waals surface area (Å²) >= 11 is 0. The van der Waals surface area contributed by atoms with E-state index in [-0.39, 0.29) is 0 Å². The van der Waals surface area contributed by atoms with Crippen LogP contribution in [0.5, 0.6) is 0 Å². The first-order valence-corrected chi connectivity index (χ1v) is 18.8. The molecule has 9 aromatic carbocycles. The number of fused-ring (bicyclic) bond motifs is 10. The van der Waals surface area contributed by atoms with Crippen molar-refractivity contribution in [3.8, 4) is 33.6 Å². The molecule has 0 radical (unpaired) electrons. The summed E-state index contributed by atoms with van der Waals surface area (Å²) in [5, 5.41) is 9.68. The van der Waals surface area contributed by atoms with Crippen molar-refractivity contribution in [3.63, 3.8) is 0 Å².